The molecule has 1 heterocycles. The van der Waals surface area contributed by atoms with Crippen molar-refractivity contribution in [3.63, 3.8) is 0 Å². The first-order valence-electron chi connectivity index (χ1n) is 6.31. The van der Waals surface area contributed by atoms with Gasteiger partial charge in [-0.05, 0) is 44.2 Å². The number of hydrogen-bond acceptors (Lipinski definition) is 2. The second kappa shape index (κ2) is 3.49. The van der Waals surface area contributed by atoms with Crippen LogP contribution in [-0.2, 0) is 6.42 Å². The molecule has 0 aromatic heterocycles. The maximum atomic E-state index is 6.36. The first-order chi connectivity index (χ1) is 7.68. The highest BCUT2D eigenvalue weighted by Gasteiger charge is 2.37. The lowest BCUT2D eigenvalue weighted by atomic mass is 9.77. The van der Waals surface area contributed by atoms with Crippen molar-refractivity contribution < 1.29 is 0 Å². The van der Waals surface area contributed by atoms with Crippen LogP contribution in [0.3, 0.4) is 0 Å². The molecule has 0 spiro atoms. The van der Waals surface area contributed by atoms with Crippen molar-refractivity contribution in [2.75, 3.05) is 11.4 Å². The SMILES string of the molecule is CC1Cc2ccccc2N1CC1(N)CCC1. The lowest BCUT2D eigenvalue weighted by molar-refractivity contribution is 0.249. The Hall–Kier alpha value is -1.02. The Balaban J connectivity index is 1.84. The van der Waals surface area contributed by atoms with Crippen LogP contribution in [0.15, 0.2) is 24.3 Å². The summed E-state index contributed by atoms with van der Waals surface area (Å²) in [5.41, 5.74) is 9.34. The summed E-state index contributed by atoms with van der Waals surface area (Å²) in [6.07, 6.45) is 4.86. The van der Waals surface area contributed by atoms with E-state index in [9.17, 15) is 0 Å². The number of anilines is 1. The lowest BCUT2D eigenvalue weighted by Gasteiger charge is -2.43. The summed E-state index contributed by atoms with van der Waals surface area (Å²) in [6, 6.07) is 9.36. The Morgan fingerprint density at radius 2 is 2.12 bits per heavy atom. The number of rotatable bonds is 2. The van der Waals surface area contributed by atoms with Crippen molar-refractivity contribution in [3.05, 3.63) is 29.8 Å². The summed E-state index contributed by atoms with van der Waals surface area (Å²) in [5.74, 6) is 0. The van der Waals surface area contributed by atoms with Gasteiger partial charge in [-0.2, -0.15) is 0 Å². The quantitative estimate of drug-likeness (QED) is 0.822. The Kier molecular flexibility index (Phi) is 2.21. The van der Waals surface area contributed by atoms with E-state index in [-0.39, 0.29) is 5.54 Å². The summed E-state index contributed by atoms with van der Waals surface area (Å²) < 4.78 is 0. The van der Waals surface area contributed by atoms with Crippen LogP contribution in [-0.4, -0.2) is 18.1 Å². The minimum Gasteiger partial charge on any atom is -0.366 e. The maximum Gasteiger partial charge on any atom is 0.0402 e. The van der Waals surface area contributed by atoms with E-state index in [2.05, 4.69) is 36.1 Å². The molecule has 16 heavy (non-hydrogen) atoms. The molecule has 1 aliphatic heterocycles. The molecule has 2 heteroatoms. The molecule has 2 aliphatic rings. The minimum absolute atomic E-state index is 0.0890. The van der Waals surface area contributed by atoms with E-state index in [0.29, 0.717) is 6.04 Å². The molecule has 1 saturated carbocycles. The summed E-state index contributed by atoms with van der Waals surface area (Å²) in [7, 11) is 0. The van der Waals surface area contributed by atoms with Gasteiger partial charge in [-0.1, -0.05) is 18.2 Å². The van der Waals surface area contributed by atoms with Crippen molar-refractivity contribution >= 4 is 5.69 Å². The summed E-state index contributed by atoms with van der Waals surface area (Å²) >= 11 is 0. The molecule has 0 amide bonds. The highest BCUT2D eigenvalue weighted by Crippen LogP contribution is 2.37. The summed E-state index contributed by atoms with van der Waals surface area (Å²) in [6.45, 7) is 3.34. The zero-order chi connectivity index (χ0) is 11.2. The predicted molar refractivity (Wildman–Crippen MR) is 67.7 cm³/mol. The first-order valence-corrected chi connectivity index (χ1v) is 6.31. The Morgan fingerprint density at radius 3 is 2.81 bits per heavy atom. The summed E-state index contributed by atoms with van der Waals surface area (Å²) in [5, 5.41) is 0. The molecule has 2 nitrogen and oxygen atoms in total. The largest absolute Gasteiger partial charge is 0.366 e. The second-order valence-electron chi connectivity index (χ2n) is 5.53. The molecule has 0 bridgehead atoms. The lowest BCUT2D eigenvalue weighted by Crippen LogP contribution is -2.56. The van der Waals surface area contributed by atoms with Crippen LogP contribution in [0.1, 0.15) is 31.7 Å². The number of fused-ring (bicyclic) bond motifs is 1. The van der Waals surface area contributed by atoms with Crippen molar-refractivity contribution in [1.82, 2.24) is 0 Å². The molecule has 1 aromatic rings. The van der Waals surface area contributed by atoms with Gasteiger partial charge < -0.3 is 10.6 Å². The van der Waals surface area contributed by atoms with Gasteiger partial charge in [-0.25, -0.2) is 0 Å². The third kappa shape index (κ3) is 1.52. The zero-order valence-electron chi connectivity index (χ0n) is 9.95. The Morgan fingerprint density at radius 1 is 1.38 bits per heavy atom. The summed E-state index contributed by atoms with van der Waals surface area (Å²) in [4.78, 5) is 2.51. The van der Waals surface area contributed by atoms with Crippen LogP contribution in [0.4, 0.5) is 5.69 Å². The van der Waals surface area contributed by atoms with E-state index in [1.807, 2.05) is 0 Å². The molecule has 0 saturated heterocycles. The minimum atomic E-state index is 0.0890. The average molecular weight is 216 g/mol. The van der Waals surface area contributed by atoms with Crippen LogP contribution in [0.5, 0.6) is 0 Å². The number of hydrogen-bond donors (Lipinski definition) is 1. The predicted octanol–water partition coefficient (Wildman–Crippen LogP) is 2.32. The average Bonchev–Trinajstić information content (AvgIpc) is 2.53. The topological polar surface area (TPSA) is 29.3 Å². The fraction of sp³-hybridized carbons (Fsp3) is 0.571. The van der Waals surface area contributed by atoms with Gasteiger partial charge in [0.25, 0.3) is 0 Å². The fourth-order valence-corrected chi connectivity index (χ4v) is 3.00. The molecule has 0 radical (unpaired) electrons. The third-order valence-electron chi connectivity index (χ3n) is 4.18. The van der Waals surface area contributed by atoms with E-state index in [0.717, 1.165) is 6.54 Å². The normalized spacial score (nSPS) is 26.4. The second-order valence-corrected chi connectivity index (χ2v) is 5.53. The molecule has 3 rings (SSSR count). The molecule has 2 N–H and O–H groups in total. The van der Waals surface area contributed by atoms with Crippen molar-refractivity contribution in [2.45, 2.75) is 44.2 Å². The maximum absolute atomic E-state index is 6.36. The van der Waals surface area contributed by atoms with Crippen LogP contribution < -0.4 is 10.6 Å². The Labute approximate surface area is 97.4 Å². The van der Waals surface area contributed by atoms with Crippen LogP contribution >= 0.6 is 0 Å². The van der Waals surface area contributed by atoms with Gasteiger partial charge in [0, 0.05) is 23.8 Å². The number of nitrogens with zero attached hydrogens (tertiary/aromatic N) is 1. The van der Waals surface area contributed by atoms with Gasteiger partial charge in [-0.3, -0.25) is 0 Å². The van der Waals surface area contributed by atoms with E-state index in [4.69, 9.17) is 5.73 Å². The van der Waals surface area contributed by atoms with E-state index < -0.39 is 0 Å². The molecular weight excluding hydrogens is 196 g/mol. The number of para-hydroxylation sites is 1. The molecule has 1 unspecified atom stereocenters. The molecule has 1 atom stereocenters. The molecule has 1 aliphatic carbocycles. The van der Waals surface area contributed by atoms with Gasteiger partial charge in [0.15, 0.2) is 0 Å². The first kappa shape index (κ1) is 10.2. The molecule has 1 aromatic carbocycles. The molecule has 1 fully saturated rings. The standard InChI is InChI=1S/C14H20N2/c1-11-9-12-5-2-3-6-13(12)16(11)10-14(15)7-4-8-14/h2-3,5-6,11H,4,7-10,15H2,1H3. The van der Waals surface area contributed by atoms with Gasteiger partial charge in [0.1, 0.15) is 0 Å². The zero-order valence-corrected chi connectivity index (χ0v) is 9.95. The van der Waals surface area contributed by atoms with Crippen molar-refractivity contribution in [2.24, 2.45) is 5.73 Å². The Bertz CT molecular complexity index is 395. The van der Waals surface area contributed by atoms with E-state index in [1.54, 1.807) is 0 Å². The highest BCUT2D eigenvalue weighted by atomic mass is 15.2. The van der Waals surface area contributed by atoms with Gasteiger partial charge in [0.2, 0.25) is 0 Å². The number of nitrogens with two attached hydrogens (primary N) is 1. The molecule has 86 valence electrons. The van der Waals surface area contributed by atoms with Crippen LogP contribution in [0.25, 0.3) is 0 Å². The van der Waals surface area contributed by atoms with Crippen LogP contribution in [0, 0.1) is 0 Å². The van der Waals surface area contributed by atoms with Gasteiger partial charge in [-0.15, -0.1) is 0 Å². The van der Waals surface area contributed by atoms with E-state index >= 15 is 0 Å². The van der Waals surface area contributed by atoms with Gasteiger partial charge >= 0.3 is 0 Å². The fourth-order valence-electron chi connectivity index (χ4n) is 3.00. The highest BCUT2D eigenvalue weighted by molar-refractivity contribution is 5.59. The monoisotopic (exact) mass is 216 g/mol. The van der Waals surface area contributed by atoms with Gasteiger partial charge in [0.05, 0.1) is 0 Å². The smallest absolute Gasteiger partial charge is 0.0402 e. The third-order valence-corrected chi connectivity index (χ3v) is 4.18. The number of benzene rings is 1. The molecular formula is C14H20N2. The van der Waals surface area contributed by atoms with E-state index in [1.165, 1.54) is 36.9 Å². The van der Waals surface area contributed by atoms with Crippen molar-refractivity contribution in [1.29, 1.82) is 0 Å². The van der Waals surface area contributed by atoms with Crippen molar-refractivity contribution in [3.8, 4) is 0 Å². The van der Waals surface area contributed by atoms with Crippen LogP contribution in [0.2, 0.25) is 0 Å².